The van der Waals surface area contributed by atoms with Gasteiger partial charge in [0.05, 0.1) is 7.11 Å². The molecule has 134 valence electrons. The van der Waals surface area contributed by atoms with Crippen LogP contribution in [0.4, 0.5) is 5.69 Å². The number of aromatic nitrogens is 4. The number of hydrogen-bond acceptors (Lipinski definition) is 5. The Morgan fingerprint density at radius 1 is 1.23 bits per heavy atom. The molecule has 1 unspecified atom stereocenters. The average molecular weight is 351 g/mol. The summed E-state index contributed by atoms with van der Waals surface area (Å²) >= 11 is 0. The summed E-state index contributed by atoms with van der Waals surface area (Å²) in [5.41, 5.74) is 3.17. The molecule has 1 amide bonds. The molecule has 1 aromatic heterocycles. The van der Waals surface area contributed by atoms with Gasteiger partial charge in [0.25, 0.3) is 5.91 Å². The molecule has 1 atom stereocenters. The zero-order chi connectivity index (χ0) is 18.5. The minimum atomic E-state index is -0.206. The quantitative estimate of drug-likeness (QED) is 0.736. The number of ether oxygens (including phenoxy) is 1. The first kappa shape index (κ1) is 17.6. The minimum Gasteiger partial charge on any atom is -0.494 e. The zero-order valence-corrected chi connectivity index (χ0v) is 15.0. The third-order valence-corrected chi connectivity index (χ3v) is 4.39. The summed E-state index contributed by atoms with van der Waals surface area (Å²) in [7, 11) is 1.54. The van der Waals surface area contributed by atoms with Gasteiger partial charge in [0, 0.05) is 11.3 Å². The van der Waals surface area contributed by atoms with Crippen LogP contribution < -0.4 is 10.1 Å². The highest BCUT2D eigenvalue weighted by atomic mass is 16.5. The molecule has 1 heterocycles. The largest absolute Gasteiger partial charge is 0.494 e. The van der Waals surface area contributed by atoms with E-state index in [1.165, 1.54) is 16.6 Å². The van der Waals surface area contributed by atoms with Gasteiger partial charge >= 0.3 is 0 Å². The Balaban J connectivity index is 1.77. The van der Waals surface area contributed by atoms with Gasteiger partial charge in [-0.2, -0.15) is 4.68 Å². The SMILES string of the molecule is CCC(C)c1ccc(NC(=O)c2ccc(-n3cnnn3)c(OC)c2)cc1. The van der Waals surface area contributed by atoms with Crippen LogP contribution in [0.5, 0.6) is 5.75 Å². The van der Waals surface area contributed by atoms with E-state index in [0.717, 1.165) is 12.1 Å². The van der Waals surface area contributed by atoms with Crippen molar-refractivity contribution >= 4 is 11.6 Å². The standard InChI is InChI=1S/C19H21N5O2/c1-4-13(2)14-5-8-16(9-6-14)21-19(25)15-7-10-17(18(11-15)26-3)24-12-20-22-23-24/h5-13H,4H2,1-3H3,(H,21,25). The Morgan fingerprint density at radius 3 is 2.62 bits per heavy atom. The van der Waals surface area contributed by atoms with Crippen LogP contribution in [-0.2, 0) is 0 Å². The fourth-order valence-electron chi connectivity index (χ4n) is 2.61. The van der Waals surface area contributed by atoms with Gasteiger partial charge < -0.3 is 10.1 Å². The van der Waals surface area contributed by atoms with E-state index < -0.39 is 0 Å². The molecular formula is C19H21N5O2. The van der Waals surface area contributed by atoms with Crippen molar-refractivity contribution in [3.05, 3.63) is 59.9 Å². The Morgan fingerprint density at radius 2 is 2.00 bits per heavy atom. The first-order valence-corrected chi connectivity index (χ1v) is 8.45. The van der Waals surface area contributed by atoms with Crippen LogP contribution in [0.25, 0.3) is 5.69 Å². The Bertz CT molecular complexity index is 875. The monoisotopic (exact) mass is 351 g/mol. The second-order valence-corrected chi connectivity index (χ2v) is 6.03. The normalized spacial score (nSPS) is 11.8. The van der Waals surface area contributed by atoms with Crippen molar-refractivity contribution in [3.63, 3.8) is 0 Å². The molecule has 0 saturated carbocycles. The molecule has 0 radical (unpaired) electrons. The van der Waals surface area contributed by atoms with Gasteiger partial charge in [-0.25, -0.2) is 0 Å². The highest BCUT2D eigenvalue weighted by Gasteiger charge is 2.13. The minimum absolute atomic E-state index is 0.206. The van der Waals surface area contributed by atoms with Crippen molar-refractivity contribution < 1.29 is 9.53 Å². The first-order chi connectivity index (χ1) is 12.6. The van der Waals surface area contributed by atoms with Crippen molar-refractivity contribution in [2.24, 2.45) is 0 Å². The van der Waals surface area contributed by atoms with Crippen LogP contribution in [0.2, 0.25) is 0 Å². The number of rotatable bonds is 6. The van der Waals surface area contributed by atoms with Gasteiger partial charge in [-0.05, 0) is 58.7 Å². The molecule has 0 aliphatic carbocycles. The number of carbonyl (C=O) groups excluding carboxylic acids is 1. The molecule has 3 aromatic rings. The third kappa shape index (κ3) is 3.72. The fraction of sp³-hybridized carbons (Fsp3) is 0.263. The van der Waals surface area contributed by atoms with E-state index in [1.54, 1.807) is 25.3 Å². The third-order valence-electron chi connectivity index (χ3n) is 4.39. The summed E-state index contributed by atoms with van der Waals surface area (Å²) in [4.78, 5) is 12.5. The number of carbonyl (C=O) groups is 1. The lowest BCUT2D eigenvalue weighted by Crippen LogP contribution is -2.12. The van der Waals surface area contributed by atoms with E-state index >= 15 is 0 Å². The van der Waals surface area contributed by atoms with Crippen LogP contribution >= 0.6 is 0 Å². The maximum absolute atomic E-state index is 12.5. The molecule has 0 saturated heterocycles. The molecule has 2 aromatic carbocycles. The predicted molar refractivity (Wildman–Crippen MR) is 98.8 cm³/mol. The van der Waals surface area contributed by atoms with Crippen molar-refractivity contribution in [2.75, 3.05) is 12.4 Å². The van der Waals surface area contributed by atoms with Gasteiger partial charge in [0.15, 0.2) is 0 Å². The summed E-state index contributed by atoms with van der Waals surface area (Å²) in [5, 5.41) is 14.0. The van der Waals surface area contributed by atoms with E-state index in [-0.39, 0.29) is 5.91 Å². The number of benzene rings is 2. The highest BCUT2D eigenvalue weighted by Crippen LogP contribution is 2.24. The smallest absolute Gasteiger partial charge is 0.255 e. The predicted octanol–water partition coefficient (Wildman–Crippen LogP) is 3.44. The van der Waals surface area contributed by atoms with E-state index in [0.29, 0.717) is 22.9 Å². The number of nitrogens with one attached hydrogen (secondary N) is 1. The van der Waals surface area contributed by atoms with Gasteiger partial charge in [-0.15, -0.1) is 5.10 Å². The van der Waals surface area contributed by atoms with Crippen molar-refractivity contribution in [1.82, 2.24) is 20.2 Å². The highest BCUT2D eigenvalue weighted by molar-refractivity contribution is 6.04. The molecule has 0 fully saturated rings. The average Bonchev–Trinajstić information content (AvgIpc) is 3.22. The number of hydrogen-bond donors (Lipinski definition) is 1. The topological polar surface area (TPSA) is 81.9 Å². The Labute approximate surface area is 152 Å². The Kier molecular flexibility index (Phi) is 5.26. The van der Waals surface area contributed by atoms with E-state index in [2.05, 4.69) is 34.7 Å². The lowest BCUT2D eigenvalue weighted by Gasteiger charge is -2.12. The fourth-order valence-corrected chi connectivity index (χ4v) is 2.61. The molecule has 0 aliphatic rings. The lowest BCUT2D eigenvalue weighted by molar-refractivity contribution is 0.102. The maximum Gasteiger partial charge on any atom is 0.255 e. The molecular weight excluding hydrogens is 330 g/mol. The number of methoxy groups -OCH3 is 1. The molecule has 26 heavy (non-hydrogen) atoms. The van der Waals surface area contributed by atoms with Crippen LogP contribution in [0.3, 0.4) is 0 Å². The van der Waals surface area contributed by atoms with Gasteiger partial charge in [-0.1, -0.05) is 26.0 Å². The van der Waals surface area contributed by atoms with Gasteiger partial charge in [0.1, 0.15) is 17.8 Å². The lowest BCUT2D eigenvalue weighted by atomic mass is 9.98. The summed E-state index contributed by atoms with van der Waals surface area (Å²) in [6, 6.07) is 13.1. The van der Waals surface area contributed by atoms with E-state index in [9.17, 15) is 4.79 Å². The van der Waals surface area contributed by atoms with E-state index in [4.69, 9.17) is 4.74 Å². The molecule has 0 aliphatic heterocycles. The molecule has 7 nitrogen and oxygen atoms in total. The van der Waals surface area contributed by atoms with Crippen LogP contribution in [0.15, 0.2) is 48.8 Å². The summed E-state index contributed by atoms with van der Waals surface area (Å²) in [6.45, 7) is 4.35. The first-order valence-electron chi connectivity index (χ1n) is 8.45. The van der Waals surface area contributed by atoms with Crippen molar-refractivity contribution in [1.29, 1.82) is 0 Å². The zero-order valence-electron chi connectivity index (χ0n) is 15.0. The number of anilines is 1. The van der Waals surface area contributed by atoms with Crippen LogP contribution in [0.1, 0.15) is 42.1 Å². The number of tetrazole rings is 1. The molecule has 7 heteroatoms. The second-order valence-electron chi connectivity index (χ2n) is 6.03. The van der Waals surface area contributed by atoms with Gasteiger partial charge in [0.2, 0.25) is 0 Å². The van der Waals surface area contributed by atoms with Crippen molar-refractivity contribution in [2.45, 2.75) is 26.2 Å². The molecule has 1 N–H and O–H groups in total. The van der Waals surface area contributed by atoms with Gasteiger partial charge in [-0.3, -0.25) is 4.79 Å². The molecule has 3 rings (SSSR count). The summed E-state index contributed by atoms with van der Waals surface area (Å²) in [6.07, 6.45) is 2.55. The maximum atomic E-state index is 12.5. The van der Waals surface area contributed by atoms with Crippen LogP contribution in [0, 0.1) is 0 Å². The van der Waals surface area contributed by atoms with Crippen molar-refractivity contribution in [3.8, 4) is 11.4 Å². The second kappa shape index (κ2) is 7.77. The van der Waals surface area contributed by atoms with Crippen LogP contribution in [-0.4, -0.2) is 33.2 Å². The molecule has 0 bridgehead atoms. The summed E-state index contributed by atoms with van der Waals surface area (Å²) in [5.74, 6) is 0.808. The summed E-state index contributed by atoms with van der Waals surface area (Å²) < 4.78 is 6.85. The number of nitrogens with zero attached hydrogens (tertiary/aromatic N) is 4. The number of amides is 1. The Hall–Kier alpha value is -3.22. The van der Waals surface area contributed by atoms with E-state index in [1.807, 2.05) is 24.3 Å². The molecule has 0 spiro atoms.